The van der Waals surface area contributed by atoms with Crippen molar-refractivity contribution in [1.82, 2.24) is 4.57 Å². The number of nitrogens with zero attached hydrogens (tertiary/aromatic N) is 3. The smallest absolute Gasteiger partial charge is 0.273 e. The summed E-state index contributed by atoms with van der Waals surface area (Å²) >= 11 is 0. The predicted octanol–water partition coefficient (Wildman–Crippen LogP) is 1.76. The van der Waals surface area contributed by atoms with Crippen molar-refractivity contribution in [2.24, 2.45) is 0 Å². The lowest BCUT2D eigenvalue weighted by Crippen LogP contribution is -2.21. The van der Waals surface area contributed by atoms with E-state index in [2.05, 4.69) is 0 Å². The number of anilines is 1. The number of benzene rings is 2. The number of hydrogen-bond donors (Lipinski definition) is 1. The molecule has 0 amide bonds. The quantitative estimate of drug-likeness (QED) is 0.728. The first-order valence-electron chi connectivity index (χ1n) is 6.81. The third-order valence-corrected chi connectivity index (χ3v) is 3.58. The van der Waals surface area contributed by atoms with Crippen LogP contribution in [0.4, 0.5) is 5.69 Å². The molecule has 0 spiro atoms. The first-order valence-corrected chi connectivity index (χ1v) is 6.81. The van der Waals surface area contributed by atoms with Crippen molar-refractivity contribution in [3.05, 3.63) is 64.4 Å². The van der Waals surface area contributed by atoms with E-state index in [0.29, 0.717) is 22.3 Å². The number of hydroxylamine groups is 1. The molecule has 0 aliphatic carbocycles. The summed E-state index contributed by atoms with van der Waals surface area (Å²) in [5, 5.41) is 31.8. The van der Waals surface area contributed by atoms with Gasteiger partial charge in [-0.2, -0.15) is 5.26 Å². The van der Waals surface area contributed by atoms with Gasteiger partial charge in [-0.3, -0.25) is 19.6 Å². The third-order valence-electron chi connectivity index (χ3n) is 3.58. The van der Waals surface area contributed by atoms with Crippen LogP contribution in [-0.2, 0) is 0 Å². The van der Waals surface area contributed by atoms with Crippen LogP contribution in [-0.4, -0.2) is 16.8 Å². The number of hydrogen-bond acceptors (Lipinski definition) is 5. The fourth-order valence-electron chi connectivity index (χ4n) is 2.44. The Morgan fingerprint density at radius 2 is 1.87 bits per heavy atom. The van der Waals surface area contributed by atoms with Crippen molar-refractivity contribution in [1.29, 1.82) is 5.26 Å². The maximum absolute atomic E-state index is 12.5. The Labute approximate surface area is 131 Å². The zero-order valence-electron chi connectivity index (χ0n) is 12.2. The highest BCUT2D eigenvalue weighted by atomic mass is 16.5. The van der Waals surface area contributed by atoms with Crippen molar-refractivity contribution in [3.8, 4) is 17.5 Å². The molecule has 23 heavy (non-hydrogen) atoms. The Hall–Kier alpha value is -3.30. The molecule has 0 bridgehead atoms. The standard InChI is InChI=1S/C17H13N3O3/c1-19(23)13-3-5-14(6-4-13)20-16-9-15(21)7-2-11(16)8-12(10-18)17(20)22/h2-9,21,23H,1H3/p-1. The molecule has 6 heteroatoms. The third kappa shape index (κ3) is 2.50. The van der Waals surface area contributed by atoms with Gasteiger partial charge in [-0.25, -0.2) is 0 Å². The van der Waals surface area contributed by atoms with Gasteiger partial charge in [-0.15, -0.1) is 5.75 Å². The molecular formula is C17H12N3O3-. The van der Waals surface area contributed by atoms with Crippen LogP contribution in [0.15, 0.2) is 53.3 Å². The van der Waals surface area contributed by atoms with Crippen LogP contribution in [0.2, 0.25) is 0 Å². The minimum atomic E-state index is -0.490. The van der Waals surface area contributed by atoms with Gasteiger partial charge in [0.2, 0.25) is 0 Å². The van der Waals surface area contributed by atoms with Gasteiger partial charge in [-0.05, 0) is 36.4 Å². The summed E-state index contributed by atoms with van der Waals surface area (Å²) in [7, 11) is 1.48. The minimum Gasteiger partial charge on any atom is -0.872 e. The van der Waals surface area contributed by atoms with Gasteiger partial charge < -0.3 is 5.11 Å². The summed E-state index contributed by atoms with van der Waals surface area (Å²) in [6, 6.07) is 14.2. The van der Waals surface area contributed by atoms with Crippen molar-refractivity contribution < 1.29 is 10.3 Å². The number of fused-ring (bicyclic) bond motifs is 1. The van der Waals surface area contributed by atoms with Gasteiger partial charge in [0.25, 0.3) is 5.56 Å². The van der Waals surface area contributed by atoms with Gasteiger partial charge in [0.15, 0.2) is 0 Å². The predicted molar refractivity (Wildman–Crippen MR) is 83.9 cm³/mol. The molecule has 3 aromatic rings. The molecule has 0 unspecified atom stereocenters. The molecule has 1 aromatic heterocycles. The highest BCUT2D eigenvalue weighted by Gasteiger charge is 2.11. The van der Waals surface area contributed by atoms with Crippen molar-refractivity contribution in [2.75, 3.05) is 12.1 Å². The van der Waals surface area contributed by atoms with Gasteiger partial charge in [0.05, 0.1) is 11.2 Å². The van der Waals surface area contributed by atoms with Crippen LogP contribution < -0.4 is 15.7 Å². The van der Waals surface area contributed by atoms with E-state index in [1.54, 1.807) is 30.3 Å². The van der Waals surface area contributed by atoms with Crippen LogP contribution in [0.5, 0.6) is 5.75 Å². The van der Waals surface area contributed by atoms with Gasteiger partial charge in [0, 0.05) is 18.1 Å². The van der Waals surface area contributed by atoms with E-state index >= 15 is 0 Å². The average molecular weight is 306 g/mol. The number of rotatable bonds is 2. The van der Waals surface area contributed by atoms with Crippen molar-refractivity contribution >= 4 is 16.6 Å². The fourth-order valence-corrected chi connectivity index (χ4v) is 2.44. The van der Waals surface area contributed by atoms with Crippen molar-refractivity contribution in [2.45, 2.75) is 0 Å². The molecular weight excluding hydrogens is 294 g/mol. The van der Waals surface area contributed by atoms with Crippen LogP contribution >= 0.6 is 0 Å². The average Bonchev–Trinajstić information content (AvgIpc) is 2.54. The summed E-state index contributed by atoms with van der Waals surface area (Å²) in [4.78, 5) is 12.5. The second kappa shape index (κ2) is 5.48. The molecule has 0 fully saturated rings. The fraction of sp³-hybridized carbons (Fsp3) is 0.0588. The van der Waals surface area contributed by atoms with E-state index in [1.165, 1.54) is 29.8 Å². The van der Waals surface area contributed by atoms with E-state index in [-0.39, 0.29) is 11.3 Å². The SMILES string of the molecule is CN(O)c1ccc(-n2c(=O)c(C#N)cc3ccc([O-])cc32)cc1. The lowest BCUT2D eigenvalue weighted by Gasteiger charge is -2.15. The maximum Gasteiger partial charge on any atom is 0.273 e. The number of nitriles is 1. The summed E-state index contributed by atoms with van der Waals surface area (Å²) in [6.45, 7) is 0. The molecule has 1 N–H and O–H groups in total. The summed E-state index contributed by atoms with van der Waals surface area (Å²) in [5.74, 6) is -0.220. The largest absolute Gasteiger partial charge is 0.872 e. The van der Waals surface area contributed by atoms with E-state index in [0.717, 1.165) is 5.06 Å². The highest BCUT2D eigenvalue weighted by Crippen LogP contribution is 2.22. The molecule has 1 heterocycles. The molecule has 0 saturated heterocycles. The molecule has 6 nitrogen and oxygen atoms in total. The lowest BCUT2D eigenvalue weighted by molar-refractivity contribution is -0.268. The van der Waals surface area contributed by atoms with Crippen molar-refractivity contribution in [3.63, 3.8) is 0 Å². The maximum atomic E-state index is 12.5. The summed E-state index contributed by atoms with van der Waals surface area (Å²) in [5.41, 5.74) is 1.00. The molecule has 3 rings (SSSR count). The van der Waals surface area contributed by atoms with Crippen LogP contribution in [0.25, 0.3) is 16.6 Å². The summed E-state index contributed by atoms with van der Waals surface area (Å²) < 4.78 is 1.33. The Balaban J connectivity index is 2.35. The van der Waals surface area contributed by atoms with E-state index < -0.39 is 5.56 Å². The normalized spacial score (nSPS) is 10.5. The topological polar surface area (TPSA) is 92.3 Å². The Kier molecular flexibility index (Phi) is 3.48. The molecule has 0 aliphatic heterocycles. The molecule has 0 saturated carbocycles. The second-order valence-corrected chi connectivity index (χ2v) is 5.07. The van der Waals surface area contributed by atoms with Crippen LogP contribution in [0, 0.1) is 11.3 Å². The number of aromatic nitrogens is 1. The van der Waals surface area contributed by atoms with E-state index in [9.17, 15) is 15.1 Å². The zero-order chi connectivity index (χ0) is 16.6. The Morgan fingerprint density at radius 3 is 2.48 bits per heavy atom. The molecule has 2 aromatic carbocycles. The highest BCUT2D eigenvalue weighted by molar-refractivity contribution is 5.83. The van der Waals surface area contributed by atoms with Gasteiger partial charge in [0.1, 0.15) is 11.6 Å². The molecule has 0 atom stereocenters. The van der Waals surface area contributed by atoms with Gasteiger partial charge >= 0.3 is 0 Å². The Morgan fingerprint density at radius 1 is 1.17 bits per heavy atom. The lowest BCUT2D eigenvalue weighted by atomic mass is 10.1. The summed E-state index contributed by atoms with van der Waals surface area (Å²) in [6.07, 6.45) is 0. The minimum absolute atomic E-state index is 0.000461. The molecule has 114 valence electrons. The first kappa shape index (κ1) is 14.6. The Bertz CT molecular complexity index is 983. The van der Waals surface area contributed by atoms with Crippen LogP contribution in [0.3, 0.4) is 0 Å². The molecule has 0 aliphatic rings. The molecule has 0 radical (unpaired) electrons. The monoisotopic (exact) mass is 306 g/mol. The van der Waals surface area contributed by atoms with E-state index in [4.69, 9.17) is 5.26 Å². The van der Waals surface area contributed by atoms with Crippen LogP contribution in [0.1, 0.15) is 5.56 Å². The second-order valence-electron chi connectivity index (χ2n) is 5.07. The first-order chi connectivity index (χ1) is 11.0. The van der Waals surface area contributed by atoms with E-state index in [1.807, 2.05) is 6.07 Å². The zero-order valence-corrected chi connectivity index (χ0v) is 12.2. The number of pyridine rings is 1. The van der Waals surface area contributed by atoms with Gasteiger partial charge in [-0.1, -0.05) is 12.1 Å².